The van der Waals surface area contributed by atoms with Gasteiger partial charge in [0, 0.05) is 23.7 Å². The molecule has 0 spiro atoms. The molecule has 20 heavy (non-hydrogen) atoms. The van der Waals surface area contributed by atoms with E-state index < -0.39 is 5.82 Å². The van der Waals surface area contributed by atoms with E-state index in [0.29, 0.717) is 23.7 Å². The molecular formula is C16H16ClF2N. The highest BCUT2D eigenvalue weighted by molar-refractivity contribution is 6.33. The van der Waals surface area contributed by atoms with Crippen LogP contribution in [-0.4, -0.2) is 6.04 Å². The van der Waals surface area contributed by atoms with E-state index in [9.17, 15) is 8.78 Å². The van der Waals surface area contributed by atoms with E-state index in [-0.39, 0.29) is 10.8 Å². The lowest BCUT2D eigenvalue weighted by Crippen LogP contribution is -2.21. The predicted octanol–water partition coefficient (Wildman–Crippen LogP) is 4.78. The third-order valence-corrected chi connectivity index (χ3v) is 3.28. The summed E-state index contributed by atoms with van der Waals surface area (Å²) in [7, 11) is 0. The molecule has 0 fully saturated rings. The zero-order valence-corrected chi connectivity index (χ0v) is 12.1. The van der Waals surface area contributed by atoms with E-state index in [1.807, 2.05) is 19.9 Å². The first-order valence-electron chi connectivity index (χ1n) is 6.44. The van der Waals surface area contributed by atoms with Crippen LogP contribution in [-0.2, 0) is 6.54 Å². The van der Waals surface area contributed by atoms with Gasteiger partial charge in [-0.15, -0.1) is 0 Å². The summed E-state index contributed by atoms with van der Waals surface area (Å²) in [5, 5.41) is 3.43. The van der Waals surface area contributed by atoms with Crippen molar-refractivity contribution in [2.24, 2.45) is 0 Å². The molecule has 0 aliphatic heterocycles. The molecule has 1 nitrogen and oxygen atoms in total. The Morgan fingerprint density at radius 3 is 2.35 bits per heavy atom. The molecule has 0 bridgehead atoms. The second-order valence-electron chi connectivity index (χ2n) is 4.97. The minimum Gasteiger partial charge on any atom is -0.310 e. The van der Waals surface area contributed by atoms with E-state index >= 15 is 0 Å². The molecule has 0 atom stereocenters. The topological polar surface area (TPSA) is 12.0 Å². The molecule has 0 amide bonds. The molecule has 1 N–H and O–H groups in total. The van der Waals surface area contributed by atoms with Crippen molar-refractivity contribution in [3.63, 3.8) is 0 Å². The van der Waals surface area contributed by atoms with Gasteiger partial charge in [-0.3, -0.25) is 0 Å². The van der Waals surface area contributed by atoms with Crippen molar-refractivity contribution in [1.29, 1.82) is 0 Å². The van der Waals surface area contributed by atoms with Gasteiger partial charge in [0.2, 0.25) is 0 Å². The second kappa shape index (κ2) is 6.33. The van der Waals surface area contributed by atoms with Crippen LogP contribution >= 0.6 is 11.6 Å². The summed E-state index contributed by atoms with van der Waals surface area (Å²) >= 11 is 5.96. The van der Waals surface area contributed by atoms with Gasteiger partial charge in [-0.05, 0) is 29.8 Å². The smallest absolute Gasteiger partial charge is 0.131 e. The summed E-state index contributed by atoms with van der Waals surface area (Å²) in [6.07, 6.45) is 0. The van der Waals surface area contributed by atoms with Crippen LogP contribution in [0.1, 0.15) is 19.4 Å². The van der Waals surface area contributed by atoms with E-state index in [0.717, 1.165) is 5.56 Å². The molecule has 106 valence electrons. The molecule has 0 aromatic heterocycles. The molecule has 0 aliphatic carbocycles. The fraction of sp³-hybridized carbons (Fsp3) is 0.250. The quantitative estimate of drug-likeness (QED) is 0.855. The summed E-state index contributed by atoms with van der Waals surface area (Å²) in [4.78, 5) is 0. The molecule has 4 heteroatoms. The highest BCUT2D eigenvalue weighted by Crippen LogP contribution is 2.30. The van der Waals surface area contributed by atoms with E-state index in [1.165, 1.54) is 24.3 Å². The van der Waals surface area contributed by atoms with E-state index in [1.54, 1.807) is 6.07 Å². The normalized spacial score (nSPS) is 11.1. The van der Waals surface area contributed by atoms with Gasteiger partial charge < -0.3 is 5.32 Å². The molecule has 2 aromatic rings. The largest absolute Gasteiger partial charge is 0.310 e. The van der Waals surface area contributed by atoms with E-state index in [4.69, 9.17) is 11.6 Å². The monoisotopic (exact) mass is 295 g/mol. The van der Waals surface area contributed by atoms with E-state index in [2.05, 4.69) is 5.32 Å². The minimum atomic E-state index is -0.433. The predicted molar refractivity (Wildman–Crippen MR) is 78.8 cm³/mol. The minimum absolute atomic E-state index is 0.206. The van der Waals surface area contributed by atoms with Crippen molar-refractivity contribution in [2.45, 2.75) is 26.4 Å². The first-order chi connectivity index (χ1) is 9.47. The molecule has 0 radical (unpaired) electrons. The van der Waals surface area contributed by atoms with Crippen LogP contribution in [0.25, 0.3) is 11.1 Å². The lowest BCUT2D eigenvalue weighted by molar-refractivity contribution is 0.582. The first-order valence-corrected chi connectivity index (χ1v) is 6.82. The number of hydrogen-bond acceptors (Lipinski definition) is 1. The fourth-order valence-electron chi connectivity index (χ4n) is 1.92. The third kappa shape index (κ3) is 3.56. The summed E-state index contributed by atoms with van der Waals surface area (Å²) in [6, 6.07) is 9.27. The number of halogens is 3. The Kier molecular flexibility index (Phi) is 4.73. The number of hydrogen-bond donors (Lipinski definition) is 1. The van der Waals surface area contributed by atoms with Crippen LogP contribution in [0.4, 0.5) is 8.78 Å². The van der Waals surface area contributed by atoms with Gasteiger partial charge in [0.05, 0.1) is 5.02 Å². The number of benzene rings is 2. The van der Waals surface area contributed by atoms with Crippen LogP contribution in [0.15, 0.2) is 36.4 Å². The van der Waals surface area contributed by atoms with Crippen molar-refractivity contribution in [2.75, 3.05) is 0 Å². The van der Waals surface area contributed by atoms with Crippen molar-refractivity contribution >= 4 is 11.6 Å². The molecular weight excluding hydrogens is 280 g/mol. The SMILES string of the molecule is CC(C)NCc1ccc(-c2ccc(F)cc2Cl)c(F)c1. The van der Waals surface area contributed by atoms with Crippen LogP contribution in [0.2, 0.25) is 5.02 Å². The van der Waals surface area contributed by atoms with Gasteiger partial charge >= 0.3 is 0 Å². The van der Waals surface area contributed by atoms with Gasteiger partial charge in [0.25, 0.3) is 0 Å². The average molecular weight is 296 g/mol. The first kappa shape index (κ1) is 14.9. The molecule has 0 saturated carbocycles. The maximum atomic E-state index is 14.2. The lowest BCUT2D eigenvalue weighted by Gasteiger charge is -2.10. The molecule has 0 saturated heterocycles. The number of rotatable bonds is 4. The van der Waals surface area contributed by atoms with Gasteiger partial charge in [-0.2, -0.15) is 0 Å². The Hall–Kier alpha value is -1.45. The Labute approximate surface area is 122 Å². The van der Waals surface area contributed by atoms with Gasteiger partial charge in [0.1, 0.15) is 11.6 Å². The zero-order chi connectivity index (χ0) is 14.7. The Morgan fingerprint density at radius 1 is 1.05 bits per heavy atom. The maximum absolute atomic E-state index is 14.2. The molecule has 0 heterocycles. The second-order valence-corrected chi connectivity index (χ2v) is 5.38. The third-order valence-electron chi connectivity index (χ3n) is 2.97. The lowest BCUT2D eigenvalue weighted by atomic mass is 10.0. The highest BCUT2D eigenvalue weighted by atomic mass is 35.5. The Balaban J connectivity index is 2.29. The molecule has 2 rings (SSSR count). The zero-order valence-electron chi connectivity index (χ0n) is 11.4. The summed E-state index contributed by atoms with van der Waals surface area (Å²) in [5.74, 6) is -0.793. The van der Waals surface area contributed by atoms with Crippen LogP contribution in [0, 0.1) is 11.6 Å². The fourth-order valence-corrected chi connectivity index (χ4v) is 2.19. The summed E-state index contributed by atoms with van der Waals surface area (Å²) < 4.78 is 27.2. The van der Waals surface area contributed by atoms with Gasteiger partial charge in [-0.1, -0.05) is 37.6 Å². The molecule has 0 unspecified atom stereocenters. The van der Waals surface area contributed by atoms with Crippen LogP contribution in [0.5, 0.6) is 0 Å². The molecule has 2 aromatic carbocycles. The summed E-state index contributed by atoms with van der Waals surface area (Å²) in [6.45, 7) is 4.66. The number of nitrogens with one attached hydrogen (secondary N) is 1. The van der Waals surface area contributed by atoms with Crippen LogP contribution < -0.4 is 5.32 Å². The van der Waals surface area contributed by atoms with Crippen LogP contribution in [0.3, 0.4) is 0 Å². The van der Waals surface area contributed by atoms with Gasteiger partial charge in [0.15, 0.2) is 0 Å². The Bertz CT molecular complexity index is 611. The maximum Gasteiger partial charge on any atom is 0.131 e. The van der Waals surface area contributed by atoms with Gasteiger partial charge in [-0.25, -0.2) is 8.78 Å². The Morgan fingerprint density at radius 2 is 1.75 bits per heavy atom. The molecule has 0 aliphatic rings. The highest BCUT2D eigenvalue weighted by Gasteiger charge is 2.10. The standard InChI is InChI=1S/C16H16ClF2N/c1-10(2)20-9-11-3-5-14(16(19)7-11)13-6-4-12(18)8-15(13)17/h3-8,10,20H,9H2,1-2H3. The van der Waals surface area contributed by atoms with Crippen molar-refractivity contribution in [3.05, 3.63) is 58.6 Å². The average Bonchev–Trinajstić information content (AvgIpc) is 2.37. The van der Waals surface area contributed by atoms with Crippen molar-refractivity contribution in [3.8, 4) is 11.1 Å². The van der Waals surface area contributed by atoms with Crippen molar-refractivity contribution in [1.82, 2.24) is 5.32 Å². The van der Waals surface area contributed by atoms with Crippen molar-refractivity contribution < 1.29 is 8.78 Å². The summed E-state index contributed by atoms with van der Waals surface area (Å²) in [5.41, 5.74) is 1.73.